The molecule has 1 unspecified atom stereocenters. The predicted octanol–water partition coefficient (Wildman–Crippen LogP) is 6.71. The van der Waals surface area contributed by atoms with E-state index in [0.29, 0.717) is 19.4 Å². The first kappa shape index (κ1) is 22.5. The highest BCUT2D eigenvalue weighted by Gasteiger charge is 2.36. The summed E-state index contributed by atoms with van der Waals surface area (Å²) in [6.07, 6.45) is 3.47. The standard InChI is InChI=1S/C29H28N2O2/c1-2-33-28(32)14-4-3-9-19-29(21-30,25-17-15-22-10-5-6-12-24(22)20-25)27-18-16-23-11-7-8-13-26(23)31-27/h5-8,10-13,15-18,20H,2-4,9,14,19H2,1H3. The molecular weight excluding hydrogens is 408 g/mol. The molecule has 4 nitrogen and oxygen atoms in total. The molecule has 0 radical (unpaired) electrons. The summed E-state index contributed by atoms with van der Waals surface area (Å²) in [6, 6.07) is 29.1. The Labute approximate surface area is 194 Å². The Balaban J connectivity index is 1.68. The van der Waals surface area contributed by atoms with Gasteiger partial charge in [0.25, 0.3) is 0 Å². The molecule has 4 heteroatoms. The van der Waals surface area contributed by atoms with Gasteiger partial charge < -0.3 is 4.74 Å². The number of rotatable bonds is 9. The molecule has 33 heavy (non-hydrogen) atoms. The average molecular weight is 437 g/mol. The summed E-state index contributed by atoms with van der Waals surface area (Å²) in [4.78, 5) is 16.6. The largest absolute Gasteiger partial charge is 0.466 e. The molecule has 0 bridgehead atoms. The quantitative estimate of drug-likeness (QED) is 0.216. The topological polar surface area (TPSA) is 63.0 Å². The first-order chi connectivity index (χ1) is 16.2. The molecule has 0 aliphatic heterocycles. The van der Waals surface area contributed by atoms with Gasteiger partial charge >= 0.3 is 5.97 Å². The third-order valence-corrected chi connectivity index (χ3v) is 6.21. The van der Waals surface area contributed by atoms with Crippen molar-refractivity contribution < 1.29 is 9.53 Å². The fourth-order valence-electron chi connectivity index (χ4n) is 4.43. The Hall–Kier alpha value is -3.71. The van der Waals surface area contributed by atoms with Gasteiger partial charge in [0.05, 0.1) is 23.9 Å². The molecule has 166 valence electrons. The third-order valence-electron chi connectivity index (χ3n) is 6.21. The first-order valence-corrected chi connectivity index (χ1v) is 11.6. The zero-order valence-corrected chi connectivity index (χ0v) is 19.0. The second-order valence-corrected chi connectivity index (χ2v) is 8.33. The zero-order valence-electron chi connectivity index (χ0n) is 19.0. The second kappa shape index (κ2) is 10.3. The normalized spacial score (nSPS) is 12.8. The number of para-hydroxylation sites is 1. The number of hydrogen-bond acceptors (Lipinski definition) is 4. The van der Waals surface area contributed by atoms with Crippen molar-refractivity contribution in [1.82, 2.24) is 4.98 Å². The molecule has 0 amide bonds. The van der Waals surface area contributed by atoms with Crippen LogP contribution in [0, 0.1) is 11.3 Å². The van der Waals surface area contributed by atoms with E-state index in [4.69, 9.17) is 9.72 Å². The van der Waals surface area contributed by atoms with Crippen molar-refractivity contribution in [3.8, 4) is 6.07 Å². The fraction of sp³-hybridized carbons (Fsp3) is 0.276. The maximum absolute atomic E-state index is 11.7. The highest BCUT2D eigenvalue weighted by Crippen LogP contribution is 2.38. The lowest BCUT2D eigenvalue weighted by molar-refractivity contribution is -0.143. The van der Waals surface area contributed by atoms with E-state index in [9.17, 15) is 10.1 Å². The maximum Gasteiger partial charge on any atom is 0.305 e. The fourth-order valence-corrected chi connectivity index (χ4v) is 4.43. The lowest BCUT2D eigenvalue weighted by atomic mass is 9.74. The Morgan fingerprint density at radius 2 is 1.64 bits per heavy atom. The Kier molecular flexibility index (Phi) is 7.00. The van der Waals surface area contributed by atoms with Crippen LogP contribution in [0.15, 0.2) is 78.9 Å². The van der Waals surface area contributed by atoms with Crippen molar-refractivity contribution in [3.63, 3.8) is 0 Å². The molecule has 0 N–H and O–H groups in total. The number of ether oxygens (including phenoxy) is 1. The number of nitrogens with zero attached hydrogens (tertiary/aromatic N) is 2. The van der Waals surface area contributed by atoms with Crippen molar-refractivity contribution in [2.24, 2.45) is 0 Å². The van der Waals surface area contributed by atoms with Gasteiger partial charge in [-0.3, -0.25) is 9.78 Å². The van der Waals surface area contributed by atoms with E-state index >= 15 is 0 Å². The summed E-state index contributed by atoms with van der Waals surface area (Å²) in [6.45, 7) is 2.23. The summed E-state index contributed by atoms with van der Waals surface area (Å²) < 4.78 is 5.03. The summed E-state index contributed by atoms with van der Waals surface area (Å²) in [5, 5.41) is 13.9. The Morgan fingerprint density at radius 3 is 2.42 bits per heavy atom. The SMILES string of the molecule is CCOC(=O)CCCCCC(C#N)(c1ccc2ccccc2c1)c1ccc2ccccc2n1. The van der Waals surface area contributed by atoms with Crippen LogP contribution >= 0.6 is 0 Å². The number of aromatic nitrogens is 1. The summed E-state index contributed by atoms with van der Waals surface area (Å²) >= 11 is 0. The van der Waals surface area contributed by atoms with Crippen LogP contribution < -0.4 is 0 Å². The summed E-state index contributed by atoms with van der Waals surface area (Å²) in [7, 11) is 0. The minimum absolute atomic E-state index is 0.158. The smallest absolute Gasteiger partial charge is 0.305 e. The van der Waals surface area contributed by atoms with Crippen LogP contribution in [0.25, 0.3) is 21.7 Å². The van der Waals surface area contributed by atoms with Crippen molar-refractivity contribution in [1.29, 1.82) is 5.26 Å². The summed E-state index contributed by atoms with van der Waals surface area (Å²) in [5.74, 6) is -0.158. The zero-order chi connectivity index (χ0) is 23.1. The number of fused-ring (bicyclic) bond motifs is 2. The van der Waals surface area contributed by atoms with Gasteiger partial charge in [-0.1, -0.05) is 73.5 Å². The van der Waals surface area contributed by atoms with Crippen molar-refractivity contribution in [3.05, 3.63) is 90.1 Å². The van der Waals surface area contributed by atoms with E-state index in [1.807, 2.05) is 55.5 Å². The van der Waals surface area contributed by atoms with E-state index in [1.54, 1.807) is 0 Å². The van der Waals surface area contributed by atoms with Gasteiger partial charge in [-0.05, 0) is 54.3 Å². The van der Waals surface area contributed by atoms with Crippen LogP contribution in [0.3, 0.4) is 0 Å². The van der Waals surface area contributed by atoms with Gasteiger partial charge in [0, 0.05) is 11.8 Å². The van der Waals surface area contributed by atoms with Gasteiger partial charge in [0.1, 0.15) is 5.41 Å². The molecule has 1 atom stereocenters. The van der Waals surface area contributed by atoms with Crippen molar-refractivity contribution >= 4 is 27.6 Å². The molecular formula is C29H28N2O2. The van der Waals surface area contributed by atoms with Gasteiger partial charge in [-0.15, -0.1) is 0 Å². The van der Waals surface area contributed by atoms with Crippen LogP contribution in [-0.4, -0.2) is 17.6 Å². The minimum atomic E-state index is -0.863. The van der Waals surface area contributed by atoms with Gasteiger partial charge in [-0.25, -0.2) is 0 Å². The second-order valence-electron chi connectivity index (χ2n) is 8.33. The Bertz CT molecular complexity index is 1230. The molecule has 0 aliphatic rings. The van der Waals surface area contributed by atoms with E-state index in [0.717, 1.165) is 52.2 Å². The lowest BCUT2D eigenvalue weighted by Crippen LogP contribution is -2.27. The number of pyridine rings is 1. The van der Waals surface area contributed by atoms with Crippen LogP contribution in [0.1, 0.15) is 50.3 Å². The number of carbonyl (C=O) groups is 1. The highest BCUT2D eigenvalue weighted by molar-refractivity contribution is 5.84. The number of hydrogen-bond donors (Lipinski definition) is 0. The molecule has 0 saturated carbocycles. The number of unbranched alkanes of at least 4 members (excludes halogenated alkanes) is 2. The van der Waals surface area contributed by atoms with Crippen molar-refractivity contribution in [2.45, 2.75) is 44.4 Å². The van der Waals surface area contributed by atoms with E-state index < -0.39 is 5.41 Å². The molecule has 0 saturated heterocycles. The molecule has 4 aromatic rings. The highest BCUT2D eigenvalue weighted by atomic mass is 16.5. The molecule has 0 fully saturated rings. The predicted molar refractivity (Wildman–Crippen MR) is 132 cm³/mol. The third kappa shape index (κ3) is 4.88. The number of carbonyl (C=O) groups excluding carboxylic acids is 1. The van der Waals surface area contributed by atoms with Crippen LogP contribution in [0.5, 0.6) is 0 Å². The number of nitriles is 1. The maximum atomic E-state index is 11.7. The molecule has 3 aromatic carbocycles. The van der Waals surface area contributed by atoms with Gasteiger partial charge in [0.15, 0.2) is 0 Å². The molecule has 4 rings (SSSR count). The van der Waals surface area contributed by atoms with Crippen LogP contribution in [0.2, 0.25) is 0 Å². The van der Waals surface area contributed by atoms with E-state index in [-0.39, 0.29) is 5.97 Å². The van der Waals surface area contributed by atoms with Crippen molar-refractivity contribution in [2.75, 3.05) is 6.61 Å². The average Bonchev–Trinajstić information content (AvgIpc) is 2.86. The number of benzene rings is 3. The lowest BCUT2D eigenvalue weighted by Gasteiger charge is -2.27. The van der Waals surface area contributed by atoms with Gasteiger partial charge in [0.2, 0.25) is 0 Å². The minimum Gasteiger partial charge on any atom is -0.466 e. The monoisotopic (exact) mass is 436 g/mol. The van der Waals surface area contributed by atoms with E-state index in [1.165, 1.54) is 0 Å². The number of esters is 1. The molecule has 1 heterocycles. The summed E-state index contributed by atoms with van der Waals surface area (Å²) in [5.41, 5.74) is 1.75. The van der Waals surface area contributed by atoms with Crippen LogP contribution in [0.4, 0.5) is 0 Å². The molecule has 0 spiro atoms. The molecule has 0 aliphatic carbocycles. The Morgan fingerprint density at radius 1 is 0.909 bits per heavy atom. The van der Waals surface area contributed by atoms with Gasteiger partial charge in [-0.2, -0.15) is 5.26 Å². The van der Waals surface area contributed by atoms with E-state index in [2.05, 4.69) is 36.4 Å². The van der Waals surface area contributed by atoms with Crippen LogP contribution in [-0.2, 0) is 14.9 Å². The first-order valence-electron chi connectivity index (χ1n) is 11.6. The molecule has 1 aromatic heterocycles.